The highest BCUT2D eigenvalue weighted by molar-refractivity contribution is 5.88. The minimum Gasteiger partial charge on any atom is -0.385 e. The van der Waals surface area contributed by atoms with Crippen LogP contribution in [-0.4, -0.2) is 17.0 Å². The van der Waals surface area contributed by atoms with Crippen LogP contribution in [0.15, 0.2) is 12.2 Å². The van der Waals surface area contributed by atoms with E-state index in [0.29, 0.717) is 5.92 Å². The molecular formula is C14H20O2. The first-order valence-corrected chi connectivity index (χ1v) is 6.46. The number of fused-ring (bicyclic) bond motifs is 1. The summed E-state index contributed by atoms with van der Waals surface area (Å²) in [6, 6.07) is 0. The van der Waals surface area contributed by atoms with E-state index in [0.717, 1.165) is 37.7 Å². The van der Waals surface area contributed by atoms with Gasteiger partial charge in [0.25, 0.3) is 0 Å². The van der Waals surface area contributed by atoms with E-state index in [-0.39, 0.29) is 23.0 Å². The van der Waals surface area contributed by atoms with Gasteiger partial charge in [0.1, 0.15) is 6.10 Å². The Morgan fingerprint density at radius 1 is 1.44 bits per heavy atom. The van der Waals surface area contributed by atoms with Crippen molar-refractivity contribution in [1.82, 2.24) is 0 Å². The number of aliphatic hydroxyl groups is 1. The molecule has 0 aromatic heterocycles. The Morgan fingerprint density at radius 2 is 2.19 bits per heavy atom. The second kappa shape index (κ2) is 3.19. The van der Waals surface area contributed by atoms with E-state index >= 15 is 0 Å². The zero-order chi connectivity index (χ0) is 11.5. The number of hydrogen-bond acceptors (Lipinski definition) is 2. The summed E-state index contributed by atoms with van der Waals surface area (Å²) < 4.78 is 0. The third-order valence-electron chi connectivity index (χ3n) is 5.62. The predicted octanol–water partition coefficient (Wildman–Crippen LogP) is 2.32. The summed E-state index contributed by atoms with van der Waals surface area (Å²) in [6.07, 6.45) is 4.53. The molecule has 0 aromatic carbocycles. The van der Waals surface area contributed by atoms with Gasteiger partial charge in [-0.15, -0.1) is 0 Å². The fourth-order valence-corrected chi connectivity index (χ4v) is 4.50. The van der Waals surface area contributed by atoms with Gasteiger partial charge in [0, 0.05) is 11.8 Å². The van der Waals surface area contributed by atoms with Crippen molar-refractivity contribution in [3.63, 3.8) is 0 Å². The molecule has 16 heavy (non-hydrogen) atoms. The number of ketones is 1. The number of aliphatic hydroxyl groups excluding tert-OH is 1. The van der Waals surface area contributed by atoms with E-state index in [9.17, 15) is 9.90 Å². The Labute approximate surface area is 96.7 Å². The molecule has 1 N–H and O–H groups in total. The first-order valence-electron chi connectivity index (χ1n) is 6.46. The number of carbonyl (C=O) groups is 1. The van der Waals surface area contributed by atoms with Gasteiger partial charge >= 0.3 is 0 Å². The molecule has 2 nitrogen and oxygen atoms in total. The van der Waals surface area contributed by atoms with Crippen LogP contribution >= 0.6 is 0 Å². The van der Waals surface area contributed by atoms with E-state index in [1.54, 1.807) is 0 Å². The lowest BCUT2D eigenvalue weighted by molar-refractivity contribution is -0.148. The Balaban J connectivity index is 2.04. The smallest absolute Gasteiger partial charge is 0.165 e. The third-order valence-corrected chi connectivity index (χ3v) is 5.62. The second-order valence-corrected chi connectivity index (χ2v) is 6.08. The van der Waals surface area contributed by atoms with Crippen LogP contribution in [0.5, 0.6) is 0 Å². The molecule has 1 spiro atoms. The van der Waals surface area contributed by atoms with Crippen molar-refractivity contribution in [3.8, 4) is 0 Å². The summed E-state index contributed by atoms with van der Waals surface area (Å²) in [5.74, 6) is 0.950. The van der Waals surface area contributed by atoms with Gasteiger partial charge in [-0.3, -0.25) is 4.79 Å². The molecule has 1 unspecified atom stereocenters. The van der Waals surface area contributed by atoms with E-state index in [4.69, 9.17) is 0 Å². The van der Waals surface area contributed by atoms with Gasteiger partial charge in [-0.1, -0.05) is 19.1 Å². The maximum absolute atomic E-state index is 12.2. The first-order chi connectivity index (χ1) is 7.56. The summed E-state index contributed by atoms with van der Waals surface area (Å²) in [7, 11) is 0. The highest BCUT2D eigenvalue weighted by Crippen LogP contribution is 2.61. The van der Waals surface area contributed by atoms with Gasteiger partial charge in [-0.05, 0) is 43.4 Å². The minimum atomic E-state index is -0.753. The summed E-state index contributed by atoms with van der Waals surface area (Å²) >= 11 is 0. The van der Waals surface area contributed by atoms with Crippen LogP contribution in [0, 0.1) is 23.2 Å². The molecule has 3 rings (SSSR count). The summed E-state index contributed by atoms with van der Waals surface area (Å²) in [5, 5.41) is 10.1. The predicted molar refractivity (Wildman–Crippen MR) is 61.8 cm³/mol. The molecule has 88 valence electrons. The molecule has 0 aliphatic heterocycles. The molecule has 3 aliphatic rings. The third kappa shape index (κ3) is 1.09. The highest BCUT2D eigenvalue weighted by Gasteiger charge is 2.59. The fraction of sp³-hybridized carbons (Fsp3) is 0.786. The maximum Gasteiger partial charge on any atom is 0.165 e. The van der Waals surface area contributed by atoms with Crippen molar-refractivity contribution in [1.29, 1.82) is 0 Å². The van der Waals surface area contributed by atoms with Crippen LogP contribution in [0.3, 0.4) is 0 Å². The van der Waals surface area contributed by atoms with E-state index < -0.39 is 6.10 Å². The van der Waals surface area contributed by atoms with Gasteiger partial charge in [0.2, 0.25) is 0 Å². The molecule has 3 aliphatic carbocycles. The normalized spacial score (nSPS) is 51.6. The second-order valence-electron chi connectivity index (χ2n) is 6.08. The number of carbonyl (C=O) groups excluding carboxylic acids is 1. The highest BCUT2D eigenvalue weighted by atomic mass is 16.3. The Kier molecular flexibility index (Phi) is 2.10. The molecule has 3 saturated carbocycles. The van der Waals surface area contributed by atoms with Crippen LogP contribution < -0.4 is 0 Å². The summed E-state index contributed by atoms with van der Waals surface area (Å²) in [6.45, 7) is 6.33. The van der Waals surface area contributed by atoms with Crippen LogP contribution in [0.1, 0.15) is 39.0 Å². The molecule has 2 heteroatoms. The molecular weight excluding hydrogens is 200 g/mol. The summed E-state index contributed by atoms with van der Waals surface area (Å²) in [4.78, 5) is 12.2. The number of hydrogen-bond donors (Lipinski definition) is 1. The van der Waals surface area contributed by atoms with Gasteiger partial charge in [0.15, 0.2) is 5.78 Å². The fourth-order valence-electron chi connectivity index (χ4n) is 4.50. The Morgan fingerprint density at radius 3 is 2.94 bits per heavy atom. The zero-order valence-electron chi connectivity index (χ0n) is 9.91. The molecule has 0 radical (unpaired) electrons. The lowest BCUT2D eigenvalue weighted by atomic mass is 9.53. The molecule has 2 bridgehead atoms. The molecule has 5 atom stereocenters. The SMILES string of the molecule is C=C1CC[C@@]23C[C@@H]1[C@@H](O)C(=O)C2CC[C@H]3C. The zero-order valence-corrected chi connectivity index (χ0v) is 9.91. The van der Waals surface area contributed by atoms with Crippen LogP contribution in [0.25, 0.3) is 0 Å². The Bertz CT molecular complexity index is 360. The van der Waals surface area contributed by atoms with Gasteiger partial charge in [0.05, 0.1) is 0 Å². The number of rotatable bonds is 0. The molecule has 0 heterocycles. The molecule has 0 amide bonds. The van der Waals surface area contributed by atoms with Gasteiger partial charge in [-0.2, -0.15) is 0 Å². The number of Topliss-reactive ketones (excluding diaryl/α,β-unsaturated/α-hetero) is 1. The van der Waals surface area contributed by atoms with Crippen LogP contribution in [0.4, 0.5) is 0 Å². The average Bonchev–Trinajstić information content (AvgIpc) is 2.58. The van der Waals surface area contributed by atoms with Crippen LogP contribution in [-0.2, 0) is 4.79 Å². The van der Waals surface area contributed by atoms with Crippen molar-refractivity contribution in [3.05, 3.63) is 12.2 Å². The lowest BCUT2D eigenvalue weighted by Gasteiger charge is -2.51. The standard InChI is InChI=1S/C14H20O2/c1-8-5-6-14-7-10(8)12(15)13(16)11(14)4-3-9(14)2/h9-12,15H,1,3-7H2,2H3/t9-,10+,11?,12-,14+/m1/s1. The quantitative estimate of drug-likeness (QED) is 0.636. The topological polar surface area (TPSA) is 37.3 Å². The van der Waals surface area contributed by atoms with Gasteiger partial charge in [-0.25, -0.2) is 0 Å². The van der Waals surface area contributed by atoms with E-state index in [2.05, 4.69) is 13.5 Å². The van der Waals surface area contributed by atoms with E-state index in [1.807, 2.05) is 0 Å². The van der Waals surface area contributed by atoms with Crippen molar-refractivity contribution in [2.45, 2.75) is 45.1 Å². The van der Waals surface area contributed by atoms with Crippen molar-refractivity contribution in [2.75, 3.05) is 0 Å². The van der Waals surface area contributed by atoms with E-state index in [1.165, 1.54) is 0 Å². The van der Waals surface area contributed by atoms with Crippen molar-refractivity contribution < 1.29 is 9.90 Å². The lowest BCUT2D eigenvalue weighted by Crippen LogP contribution is -2.53. The maximum atomic E-state index is 12.2. The monoisotopic (exact) mass is 220 g/mol. The van der Waals surface area contributed by atoms with Crippen molar-refractivity contribution in [2.24, 2.45) is 23.2 Å². The Hall–Kier alpha value is -0.630. The molecule has 0 saturated heterocycles. The van der Waals surface area contributed by atoms with Crippen LogP contribution in [0.2, 0.25) is 0 Å². The van der Waals surface area contributed by atoms with Gasteiger partial charge < -0.3 is 5.11 Å². The molecule has 0 aromatic rings. The van der Waals surface area contributed by atoms with Crippen molar-refractivity contribution >= 4 is 5.78 Å². The minimum absolute atomic E-state index is 0.0537. The first kappa shape index (κ1) is 10.5. The molecule has 3 fully saturated rings. The largest absolute Gasteiger partial charge is 0.385 e. The summed E-state index contributed by atoms with van der Waals surface area (Å²) in [5.41, 5.74) is 1.31. The average molecular weight is 220 g/mol.